The summed E-state index contributed by atoms with van der Waals surface area (Å²) in [6.07, 6.45) is 0. The average molecular weight is 279 g/mol. The molecule has 1 saturated heterocycles. The van der Waals surface area contributed by atoms with Gasteiger partial charge >= 0.3 is 5.97 Å². The number of hydrogen-bond acceptors (Lipinski definition) is 5. The van der Waals surface area contributed by atoms with Crippen molar-refractivity contribution in [3.05, 3.63) is 29.3 Å². The minimum absolute atomic E-state index is 0.124. The molecule has 6 heteroatoms. The SMILES string of the molecule is COC(=O)c1ccc(C(=O)N2CCOCC2)c(OC)c1. The number of carbonyl (C=O) groups excluding carboxylic acids is 2. The first kappa shape index (κ1) is 14.3. The van der Waals surface area contributed by atoms with Crippen molar-refractivity contribution in [1.82, 2.24) is 4.90 Å². The Morgan fingerprint density at radius 2 is 1.90 bits per heavy atom. The number of rotatable bonds is 3. The van der Waals surface area contributed by atoms with E-state index in [2.05, 4.69) is 4.74 Å². The van der Waals surface area contributed by atoms with Gasteiger partial charge in [-0.1, -0.05) is 0 Å². The van der Waals surface area contributed by atoms with E-state index in [1.54, 1.807) is 17.0 Å². The molecule has 0 spiro atoms. The van der Waals surface area contributed by atoms with E-state index in [0.717, 1.165) is 0 Å². The molecule has 1 amide bonds. The Bertz CT molecular complexity index is 508. The van der Waals surface area contributed by atoms with Crippen LogP contribution in [0.2, 0.25) is 0 Å². The summed E-state index contributed by atoms with van der Waals surface area (Å²) in [4.78, 5) is 25.6. The van der Waals surface area contributed by atoms with Crippen molar-refractivity contribution in [2.45, 2.75) is 0 Å². The first-order chi connectivity index (χ1) is 9.67. The maximum Gasteiger partial charge on any atom is 0.337 e. The molecule has 1 heterocycles. The fourth-order valence-corrected chi connectivity index (χ4v) is 2.05. The van der Waals surface area contributed by atoms with E-state index in [1.807, 2.05) is 0 Å². The smallest absolute Gasteiger partial charge is 0.337 e. The Morgan fingerprint density at radius 3 is 2.50 bits per heavy atom. The molecule has 0 saturated carbocycles. The first-order valence-corrected chi connectivity index (χ1v) is 6.30. The molecule has 0 bridgehead atoms. The molecule has 0 unspecified atom stereocenters. The Kier molecular flexibility index (Phi) is 4.57. The Labute approximate surface area is 117 Å². The third-order valence-electron chi connectivity index (χ3n) is 3.15. The Balaban J connectivity index is 2.26. The maximum atomic E-state index is 12.4. The molecular weight excluding hydrogens is 262 g/mol. The van der Waals surface area contributed by atoms with Gasteiger partial charge in [-0.25, -0.2) is 4.79 Å². The van der Waals surface area contributed by atoms with Crippen LogP contribution in [0.15, 0.2) is 18.2 Å². The maximum absolute atomic E-state index is 12.4. The summed E-state index contributed by atoms with van der Waals surface area (Å²) in [7, 11) is 2.77. The van der Waals surface area contributed by atoms with Gasteiger partial charge in [-0.05, 0) is 18.2 Å². The van der Waals surface area contributed by atoms with Gasteiger partial charge in [0.2, 0.25) is 0 Å². The molecule has 0 aliphatic carbocycles. The normalized spacial score (nSPS) is 14.8. The van der Waals surface area contributed by atoms with Gasteiger partial charge in [-0.15, -0.1) is 0 Å². The molecule has 0 aromatic heterocycles. The van der Waals surface area contributed by atoms with Crippen molar-refractivity contribution >= 4 is 11.9 Å². The summed E-state index contributed by atoms with van der Waals surface area (Å²) < 4.78 is 15.1. The van der Waals surface area contributed by atoms with E-state index < -0.39 is 5.97 Å². The van der Waals surface area contributed by atoms with Crippen molar-refractivity contribution in [3.63, 3.8) is 0 Å². The van der Waals surface area contributed by atoms with E-state index in [4.69, 9.17) is 9.47 Å². The van der Waals surface area contributed by atoms with Crippen molar-refractivity contribution in [2.24, 2.45) is 0 Å². The van der Waals surface area contributed by atoms with Crippen LogP contribution in [0.4, 0.5) is 0 Å². The molecule has 0 radical (unpaired) electrons. The summed E-state index contributed by atoms with van der Waals surface area (Å²) in [5.41, 5.74) is 0.782. The molecule has 6 nitrogen and oxygen atoms in total. The van der Waals surface area contributed by atoms with Gasteiger partial charge < -0.3 is 19.1 Å². The van der Waals surface area contributed by atoms with Gasteiger partial charge in [0.15, 0.2) is 0 Å². The molecule has 1 aliphatic rings. The van der Waals surface area contributed by atoms with Crippen LogP contribution in [0.3, 0.4) is 0 Å². The van der Waals surface area contributed by atoms with Crippen molar-refractivity contribution in [2.75, 3.05) is 40.5 Å². The van der Waals surface area contributed by atoms with Gasteiger partial charge in [-0.3, -0.25) is 4.79 Å². The van der Waals surface area contributed by atoms with Gasteiger partial charge in [0.05, 0.1) is 38.6 Å². The number of carbonyl (C=O) groups is 2. The van der Waals surface area contributed by atoms with E-state index in [0.29, 0.717) is 43.2 Å². The summed E-state index contributed by atoms with van der Waals surface area (Å²) >= 11 is 0. The van der Waals surface area contributed by atoms with E-state index >= 15 is 0 Å². The van der Waals surface area contributed by atoms with Crippen LogP contribution in [0.1, 0.15) is 20.7 Å². The number of morpholine rings is 1. The Hall–Kier alpha value is -2.08. The zero-order valence-corrected chi connectivity index (χ0v) is 11.5. The monoisotopic (exact) mass is 279 g/mol. The lowest BCUT2D eigenvalue weighted by Gasteiger charge is -2.27. The third-order valence-corrected chi connectivity index (χ3v) is 3.15. The van der Waals surface area contributed by atoms with E-state index in [9.17, 15) is 9.59 Å². The predicted octanol–water partition coefficient (Wildman–Crippen LogP) is 0.954. The van der Waals surface area contributed by atoms with E-state index in [1.165, 1.54) is 20.3 Å². The third kappa shape index (κ3) is 2.91. The van der Waals surface area contributed by atoms with Crippen LogP contribution < -0.4 is 4.74 Å². The lowest BCUT2D eigenvalue weighted by atomic mass is 10.1. The topological polar surface area (TPSA) is 65.1 Å². The fraction of sp³-hybridized carbons (Fsp3) is 0.429. The number of methoxy groups -OCH3 is 2. The number of ether oxygens (including phenoxy) is 3. The minimum Gasteiger partial charge on any atom is -0.496 e. The summed E-state index contributed by atoms with van der Waals surface area (Å²) in [6, 6.07) is 4.66. The number of benzene rings is 1. The number of esters is 1. The molecule has 1 aromatic carbocycles. The highest BCUT2D eigenvalue weighted by molar-refractivity contribution is 5.99. The number of hydrogen-bond donors (Lipinski definition) is 0. The number of amides is 1. The predicted molar refractivity (Wildman–Crippen MR) is 71.1 cm³/mol. The minimum atomic E-state index is -0.464. The van der Waals surface area contributed by atoms with E-state index in [-0.39, 0.29) is 5.91 Å². The quantitative estimate of drug-likeness (QED) is 0.771. The summed E-state index contributed by atoms with van der Waals surface area (Å²) in [6.45, 7) is 2.18. The lowest BCUT2D eigenvalue weighted by molar-refractivity contribution is 0.0300. The largest absolute Gasteiger partial charge is 0.496 e. The molecule has 1 fully saturated rings. The highest BCUT2D eigenvalue weighted by Gasteiger charge is 2.22. The molecule has 0 atom stereocenters. The summed E-state index contributed by atoms with van der Waals surface area (Å²) in [5, 5.41) is 0. The van der Waals surface area contributed by atoms with Crippen LogP contribution in [-0.2, 0) is 9.47 Å². The second-order valence-electron chi connectivity index (χ2n) is 4.31. The van der Waals surface area contributed by atoms with Crippen LogP contribution in [0.25, 0.3) is 0 Å². The highest BCUT2D eigenvalue weighted by Crippen LogP contribution is 2.22. The number of nitrogens with zero attached hydrogens (tertiary/aromatic N) is 1. The zero-order chi connectivity index (χ0) is 14.5. The van der Waals surface area contributed by atoms with Crippen molar-refractivity contribution in [3.8, 4) is 5.75 Å². The first-order valence-electron chi connectivity index (χ1n) is 6.30. The van der Waals surface area contributed by atoms with Crippen LogP contribution in [0.5, 0.6) is 5.75 Å². The van der Waals surface area contributed by atoms with Gasteiger partial charge in [0, 0.05) is 13.1 Å². The summed E-state index contributed by atoms with van der Waals surface area (Å²) in [5.74, 6) is -0.223. The van der Waals surface area contributed by atoms with Crippen molar-refractivity contribution < 1.29 is 23.8 Å². The van der Waals surface area contributed by atoms with Crippen molar-refractivity contribution in [1.29, 1.82) is 0 Å². The molecule has 1 aliphatic heterocycles. The lowest BCUT2D eigenvalue weighted by Crippen LogP contribution is -2.40. The molecule has 0 N–H and O–H groups in total. The molecule has 20 heavy (non-hydrogen) atoms. The highest BCUT2D eigenvalue weighted by atomic mass is 16.5. The van der Waals surface area contributed by atoms with Gasteiger partial charge in [0.1, 0.15) is 5.75 Å². The second-order valence-corrected chi connectivity index (χ2v) is 4.31. The Morgan fingerprint density at radius 1 is 1.20 bits per heavy atom. The molecule has 2 rings (SSSR count). The van der Waals surface area contributed by atoms with Crippen LogP contribution in [0, 0.1) is 0 Å². The average Bonchev–Trinajstić information content (AvgIpc) is 2.53. The fourth-order valence-electron chi connectivity index (χ4n) is 2.05. The van der Waals surface area contributed by atoms with Crippen LogP contribution >= 0.6 is 0 Å². The van der Waals surface area contributed by atoms with Gasteiger partial charge in [-0.2, -0.15) is 0 Å². The molecule has 1 aromatic rings. The van der Waals surface area contributed by atoms with Crippen LogP contribution in [-0.4, -0.2) is 57.3 Å². The van der Waals surface area contributed by atoms with Gasteiger partial charge in [0.25, 0.3) is 5.91 Å². The zero-order valence-electron chi connectivity index (χ0n) is 11.5. The molecular formula is C14H17NO5. The second kappa shape index (κ2) is 6.38. The standard InChI is InChI=1S/C14H17NO5/c1-18-12-9-10(14(17)19-2)3-4-11(12)13(16)15-5-7-20-8-6-15/h3-4,9H,5-8H2,1-2H3. The molecule has 108 valence electrons.